The highest BCUT2D eigenvalue weighted by Crippen LogP contribution is 2.33. The number of thiocarbonyl (C=S) groups is 1. The Balaban J connectivity index is 0.000000194. The molecule has 5 aromatic rings. The van der Waals surface area contributed by atoms with Gasteiger partial charge in [0, 0.05) is 64.6 Å². The zero-order chi connectivity index (χ0) is 39.1. The number of nitrogens with zero attached hydrogens (tertiary/aromatic N) is 6. The number of carbonyl (C=O) groups is 1. The topological polar surface area (TPSA) is 104 Å². The molecule has 13 heteroatoms. The fourth-order valence-corrected chi connectivity index (χ4v) is 7.51. The minimum absolute atomic E-state index is 0.133. The van der Waals surface area contributed by atoms with E-state index in [1.165, 1.54) is 22.9 Å². The van der Waals surface area contributed by atoms with Gasteiger partial charge in [0.25, 0.3) is 0 Å². The van der Waals surface area contributed by atoms with Gasteiger partial charge in [0.1, 0.15) is 17.2 Å². The lowest BCUT2D eigenvalue weighted by molar-refractivity contribution is -0.116. The Morgan fingerprint density at radius 3 is 2.46 bits per heavy atom. The standard InChI is InChI=1S/C24H22N4O2S.C19H28N2O3S/c1-17-9-11-18(12-10-17)14-20(29)16-31-24-27-26-23(22-8-3-4-13-25-22)28(24)19-6-5-7-21(15-19)30-2;1-2-22-12-4-3-5-19(25)21-10-8-20(9-11-21)14-16-6-7-17-18(13-16)24-15-23-17/h3-13,15H,14,16H2,1-2H3;6-7,13H,2-5,8-12,14-15H2,1H3. The summed E-state index contributed by atoms with van der Waals surface area (Å²) in [7, 11) is 1.63. The van der Waals surface area contributed by atoms with E-state index in [1.54, 1.807) is 13.3 Å². The Labute approximate surface area is 339 Å². The molecular weight excluding hydrogens is 745 g/mol. The van der Waals surface area contributed by atoms with E-state index < -0.39 is 0 Å². The van der Waals surface area contributed by atoms with Crippen molar-refractivity contribution in [1.29, 1.82) is 0 Å². The average Bonchev–Trinajstić information content (AvgIpc) is 3.89. The van der Waals surface area contributed by atoms with Crippen LogP contribution in [0.4, 0.5) is 0 Å². The van der Waals surface area contributed by atoms with Crippen molar-refractivity contribution in [2.75, 3.05) is 59.0 Å². The zero-order valence-corrected chi connectivity index (χ0v) is 34.0. The second-order valence-electron chi connectivity index (χ2n) is 13.5. The number of Topliss-reactive ketones (excluding diaryl/α,β-unsaturated/α-hetero) is 1. The summed E-state index contributed by atoms with van der Waals surface area (Å²) in [5.74, 6) is 3.49. The molecular formula is C43H50N6O5S2. The summed E-state index contributed by atoms with van der Waals surface area (Å²) >= 11 is 6.98. The molecule has 7 rings (SSSR count). The molecule has 2 aliphatic rings. The maximum Gasteiger partial charge on any atom is 0.231 e. The summed E-state index contributed by atoms with van der Waals surface area (Å²) in [5, 5.41) is 9.36. The van der Waals surface area contributed by atoms with Gasteiger partial charge in [-0.1, -0.05) is 72.0 Å². The van der Waals surface area contributed by atoms with Crippen molar-refractivity contribution in [2.45, 2.75) is 51.2 Å². The van der Waals surface area contributed by atoms with E-state index in [2.05, 4.69) is 37.1 Å². The van der Waals surface area contributed by atoms with Crippen LogP contribution in [-0.2, 0) is 22.5 Å². The second-order valence-corrected chi connectivity index (χ2v) is 15.0. The van der Waals surface area contributed by atoms with Gasteiger partial charge in [-0.2, -0.15) is 0 Å². The van der Waals surface area contributed by atoms with Crippen LogP contribution in [0.1, 0.15) is 42.9 Å². The van der Waals surface area contributed by atoms with E-state index in [0.29, 0.717) is 35.6 Å². The fourth-order valence-electron chi connectivity index (χ4n) is 6.37. The number of pyridine rings is 1. The minimum atomic E-state index is 0.133. The summed E-state index contributed by atoms with van der Waals surface area (Å²) in [6, 6.07) is 27.6. The Morgan fingerprint density at radius 2 is 1.70 bits per heavy atom. The van der Waals surface area contributed by atoms with Gasteiger partial charge < -0.3 is 23.8 Å². The third-order valence-electron chi connectivity index (χ3n) is 9.42. The number of piperazine rings is 1. The van der Waals surface area contributed by atoms with Crippen molar-refractivity contribution in [1.82, 2.24) is 29.5 Å². The monoisotopic (exact) mass is 794 g/mol. The summed E-state index contributed by atoms with van der Waals surface area (Å²) in [6.45, 7) is 11.1. The van der Waals surface area contributed by atoms with Crippen molar-refractivity contribution < 1.29 is 23.7 Å². The number of hydrogen-bond acceptors (Lipinski definition) is 11. The molecule has 0 N–H and O–H groups in total. The van der Waals surface area contributed by atoms with E-state index >= 15 is 0 Å². The summed E-state index contributed by atoms with van der Waals surface area (Å²) < 4.78 is 23.5. The van der Waals surface area contributed by atoms with E-state index in [4.69, 9.17) is 31.2 Å². The number of benzene rings is 3. The van der Waals surface area contributed by atoms with Crippen LogP contribution in [0.25, 0.3) is 17.2 Å². The van der Waals surface area contributed by atoms with Crippen LogP contribution in [0, 0.1) is 6.92 Å². The van der Waals surface area contributed by atoms with Gasteiger partial charge >= 0.3 is 0 Å². The van der Waals surface area contributed by atoms with Gasteiger partial charge in [-0.3, -0.25) is 19.2 Å². The van der Waals surface area contributed by atoms with E-state index in [-0.39, 0.29) is 5.78 Å². The molecule has 3 aromatic carbocycles. The number of ether oxygens (including phenoxy) is 4. The summed E-state index contributed by atoms with van der Waals surface area (Å²) in [4.78, 5) is 23.0. The first-order valence-corrected chi connectivity index (χ1v) is 20.5. The highest BCUT2D eigenvalue weighted by Gasteiger charge is 2.21. The lowest BCUT2D eigenvalue weighted by atomic mass is 10.1. The molecule has 294 valence electrons. The third-order valence-corrected chi connectivity index (χ3v) is 10.9. The van der Waals surface area contributed by atoms with Crippen molar-refractivity contribution in [3.05, 3.63) is 108 Å². The number of aromatic nitrogens is 4. The smallest absolute Gasteiger partial charge is 0.231 e. The molecule has 4 heterocycles. The number of ketones is 1. The predicted octanol–water partition coefficient (Wildman–Crippen LogP) is 7.62. The molecule has 0 unspecified atom stereocenters. The highest BCUT2D eigenvalue weighted by molar-refractivity contribution is 7.99. The molecule has 0 aliphatic carbocycles. The van der Waals surface area contributed by atoms with Gasteiger partial charge in [-0.15, -0.1) is 10.2 Å². The van der Waals surface area contributed by atoms with Crippen molar-refractivity contribution in [2.24, 2.45) is 0 Å². The predicted molar refractivity (Wildman–Crippen MR) is 224 cm³/mol. The molecule has 1 fully saturated rings. The summed E-state index contributed by atoms with van der Waals surface area (Å²) in [6.07, 6.45) is 5.34. The number of aryl methyl sites for hydroxylation is 1. The van der Waals surface area contributed by atoms with Crippen LogP contribution in [0.2, 0.25) is 0 Å². The van der Waals surface area contributed by atoms with Gasteiger partial charge in [-0.25, -0.2) is 0 Å². The fraction of sp³-hybridized carbons (Fsp3) is 0.372. The highest BCUT2D eigenvalue weighted by atomic mass is 32.2. The normalized spacial score (nSPS) is 13.6. The van der Waals surface area contributed by atoms with Crippen LogP contribution in [0.5, 0.6) is 17.2 Å². The first-order valence-electron chi connectivity index (χ1n) is 19.1. The number of methoxy groups -OCH3 is 1. The third kappa shape index (κ3) is 11.6. The van der Waals surface area contributed by atoms with Crippen LogP contribution in [0.3, 0.4) is 0 Å². The average molecular weight is 795 g/mol. The van der Waals surface area contributed by atoms with Gasteiger partial charge in [0.15, 0.2) is 22.5 Å². The number of unbranched alkanes of at least 4 members (excludes halogenated alkanes) is 1. The van der Waals surface area contributed by atoms with Gasteiger partial charge in [-0.05, 0) is 80.6 Å². The van der Waals surface area contributed by atoms with Crippen LogP contribution < -0.4 is 14.2 Å². The van der Waals surface area contributed by atoms with Crippen LogP contribution >= 0.6 is 24.0 Å². The van der Waals surface area contributed by atoms with E-state index in [9.17, 15) is 4.79 Å². The van der Waals surface area contributed by atoms with Crippen molar-refractivity contribution in [3.8, 4) is 34.5 Å². The summed E-state index contributed by atoms with van der Waals surface area (Å²) in [5.41, 5.74) is 5.02. The molecule has 0 atom stereocenters. The Hall–Kier alpha value is -4.82. The maximum absolute atomic E-state index is 12.6. The number of rotatable bonds is 16. The number of fused-ring (bicyclic) bond motifs is 1. The van der Waals surface area contributed by atoms with Crippen LogP contribution in [-0.4, -0.2) is 99.4 Å². The molecule has 56 heavy (non-hydrogen) atoms. The lowest BCUT2D eigenvalue weighted by Crippen LogP contribution is -2.47. The second kappa shape index (κ2) is 20.9. The van der Waals surface area contributed by atoms with Crippen molar-refractivity contribution in [3.63, 3.8) is 0 Å². The molecule has 0 spiro atoms. The number of thioether (sulfide) groups is 1. The minimum Gasteiger partial charge on any atom is -0.497 e. The molecule has 0 radical (unpaired) electrons. The largest absolute Gasteiger partial charge is 0.497 e. The SMILES string of the molecule is CCOCCCCC(=S)N1CCN(Cc2ccc3c(c2)OCO3)CC1.COc1cccc(-n2c(SCC(=O)Cc3ccc(C)cc3)nnc2-c2ccccn2)c1. The maximum atomic E-state index is 12.6. The zero-order valence-electron chi connectivity index (χ0n) is 32.4. The quantitative estimate of drug-likeness (QED) is 0.0558. The van der Waals surface area contributed by atoms with E-state index in [1.807, 2.05) is 91.2 Å². The first kappa shape index (κ1) is 40.8. The Kier molecular flexibility index (Phi) is 15.2. The number of carbonyl (C=O) groups excluding carboxylic acids is 1. The van der Waals surface area contributed by atoms with Gasteiger partial charge in [0.05, 0.1) is 23.5 Å². The number of hydrogen-bond donors (Lipinski definition) is 0. The molecule has 1 saturated heterocycles. The van der Waals surface area contributed by atoms with Crippen molar-refractivity contribution >= 4 is 34.8 Å². The molecule has 0 bridgehead atoms. The molecule has 0 amide bonds. The van der Waals surface area contributed by atoms with Gasteiger partial charge in [0.2, 0.25) is 6.79 Å². The molecule has 2 aliphatic heterocycles. The Bertz CT molecular complexity index is 2020. The lowest BCUT2D eigenvalue weighted by Gasteiger charge is -2.36. The van der Waals surface area contributed by atoms with E-state index in [0.717, 1.165) is 98.7 Å². The van der Waals surface area contributed by atoms with Crippen LogP contribution in [0.15, 0.2) is 96.3 Å². The first-order chi connectivity index (χ1) is 27.4. The molecule has 11 nitrogen and oxygen atoms in total. The molecule has 2 aromatic heterocycles. The molecule has 0 saturated carbocycles. The Morgan fingerprint density at radius 1 is 0.893 bits per heavy atom.